The van der Waals surface area contributed by atoms with Gasteiger partial charge in [0.15, 0.2) is 5.11 Å². The van der Waals surface area contributed by atoms with Gasteiger partial charge in [-0.15, -0.1) is 0 Å². The summed E-state index contributed by atoms with van der Waals surface area (Å²) in [6.07, 6.45) is -4.49. The van der Waals surface area contributed by atoms with Gasteiger partial charge >= 0.3 is 12.1 Å². The average molecular weight is 420 g/mol. The summed E-state index contributed by atoms with van der Waals surface area (Å²) in [4.78, 5) is 14.3. The summed E-state index contributed by atoms with van der Waals surface area (Å²) in [6.45, 7) is 2.12. The maximum absolute atomic E-state index is 13.2. The van der Waals surface area contributed by atoms with Gasteiger partial charge in [0, 0.05) is 12.2 Å². The second-order valence-corrected chi connectivity index (χ2v) is 6.95. The van der Waals surface area contributed by atoms with Gasteiger partial charge in [0.1, 0.15) is 0 Å². The van der Waals surface area contributed by atoms with Crippen molar-refractivity contribution in [2.45, 2.75) is 25.7 Å². The maximum Gasteiger partial charge on any atom is 0.416 e. The Labute approximate surface area is 172 Å². The monoisotopic (exact) mass is 420 g/mol. The van der Waals surface area contributed by atoms with E-state index in [1.165, 1.54) is 19.2 Å². The molecule has 0 aromatic heterocycles. The summed E-state index contributed by atoms with van der Waals surface area (Å²) >= 11 is 5.47. The molecule has 1 N–H and O–H groups in total. The van der Waals surface area contributed by atoms with Gasteiger partial charge in [-0.2, -0.15) is 13.2 Å². The number of carbonyl (C=O) groups excluding carboxylic acids is 1. The van der Waals surface area contributed by atoms with Crippen molar-refractivity contribution in [2.75, 3.05) is 7.11 Å². The minimum absolute atomic E-state index is 0.219. The molecule has 1 atom stereocenters. The van der Waals surface area contributed by atoms with Crippen LogP contribution in [0.15, 0.2) is 65.9 Å². The molecule has 0 unspecified atom stereocenters. The molecule has 2 aromatic carbocycles. The zero-order chi connectivity index (χ0) is 21.2. The molecule has 4 nitrogen and oxygen atoms in total. The Balaban J connectivity index is 2.05. The highest BCUT2D eigenvalue weighted by atomic mass is 32.1. The van der Waals surface area contributed by atoms with E-state index in [0.29, 0.717) is 17.4 Å². The van der Waals surface area contributed by atoms with Crippen LogP contribution in [0.5, 0.6) is 0 Å². The predicted molar refractivity (Wildman–Crippen MR) is 107 cm³/mol. The molecular formula is C21H19F3N2O2S. The smallest absolute Gasteiger partial charge is 0.416 e. The van der Waals surface area contributed by atoms with Gasteiger partial charge in [-0.3, -0.25) is 0 Å². The number of hydrogen-bond acceptors (Lipinski definition) is 3. The van der Waals surface area contributed by atoms with Crippen LogP contribution in [-0.4, -0.2) is 23.1 Å². The first-order chi connectivity index (χ1) is 13.7. The molecule has 0 aliphatic carbocycles. The molecule has 0 fully saturated rings. The van der Waals surface area contributed by atoms with Crippen molar-refractivity contribution < 1.29 is 22.7 Å². The van der Waals surface area contributed by atoms with E-state index in [4.69, 9.17) is 17.0 Å². The van der Waals surface area contributed by atoms with Crippen LogP contribution in [0.3, 0.4) is 0 Å². The van der Waals surface area contributed by atoms with Crippen LogP contribution in [0.25, 0.3) is 0 Å². The third-order valence-electron chi connectivity index (χ3n) is 4.73. The lowest BCUT2D eigenvalue weighted by molar-refractivity contribution is -0.137. The molecule has 3 rings (SSSR count). The highest BCUT2D eigenvalue weighted by Gasteiger charge is 2.36. The zero-order valence-electron chi connectivity index (χ0n) is 15.8. The lowest BCUT2D eigenvalue weighted by Gasteiger charge is -2.37. The van der Waals surface area contributed by atoms with Gasteiger partial charge in [0.05, 0.1) is 24.3 Å². The molecule has 29 heavy (non-hydrogen) atoms. The first-order valence-electron chi connectivity index (χ1n) is 8.80. The number of alkyl halides is 3. The van der Waals surface area contributed by atoms with Crippen molar-refractivity contribution in [1.82, 2.24) is 10.2 Å². The molecule has 8 heteroatoms. The van der Waals surface area contributed by atoms with Crippen LogP contribution >= 0.6 is 12.2 Å². The van der Waals surface area contributed by atoms with Gasteiger partial charge < -0.3 is 15.0 Å². The Hall–Kier alpha value is -2.87. The van der Waals surface area contributed by atoms with Crippen molar-refractivity contribution in [3.05, 3.63) is 82.6 Å². The summed E-state index contributed by atoms with van der Waals surface area (Å²) in [5.74, 6) is -0.627. The quantitative estimate of drug-likeness (QED) is 0.579. The number of benzene rings is 2. The Bertz CT molecular complexity index is 958. The SMILES string of the molecule is COC(=O)C1=C(C)N(Cc2ccccc2)C(=S)N[C@H]1c1cccc(C(F)(F)F)c1. The summed E-state index contributed by atoms with van der Waals surface area (Å²) < 4.78 is 44.4. The van der Waals surface area contributed by atoms with Crippen molar-refractivity contribution in [2.24, 2.45) is 0 Å². The number of hydrogen-bond donors (Lipinski definition) is 1. The minimum Gasteiger partial charge on any atom is -0.466 e. The van der Waals surface area contributed by atoms with Gasteiger partial charge in [0.25, 0.3) is 0 Å². The van der Waals surface area contributed by atoms with E-state index in [-0.39, 0.29) is 11.1 Å². The molecule has 152 valence electrons. The van der Waals surface area contributed by atoms with E-state index in [2.05, 4.69) is 5.32 Å². The van der Waals surface area contributed by atoms with E-state index in [1.54, 1.807) is 11.8 Å². The highest BCUT2D eigenvalue weighted by molar-refractivity contribution is 7.80. The van der Waals surface area contributed by atoms with Gasteiger partial charge in [-0.25, -0.2) is 4.79 Å². The molecule has 0 spiro atoms. The number of nitrogens with one attached hydrogen (secondary N) is 1. The first-order valence-corrected chi connectivity index (χ1v) is 9.21. The first kappa shape index (κ1) is 20.9. The second kappa shape index (κ2) is 8.24. The van der Waals surface area contributed by atoms with Gasteiger partial charge in [0.2, 0.25) is 0 Å². The minimum atomic E-state index is -4.49. The zero-order valence-corrected chi connectivity index (χ0v) is 16.6. The average Bonchev–Trinajstić information content (AvgIpc) is 2.70. The third-order valence-corrected chi connectivity index (χ3v) is 5.07. The van der Waals surface area contributed by atoms with E-state index < -0.39 is 23.8 Å². The van der Waals surface area contributed by atoms with E-state index >= 15 is 0 Å². The summed E-state index contributed by atoms with van der Waals surface area (Å²) in [7, 11) is 1.24. The van der Waals surface area contributed by atoms with E-state index in [9.17, 15) is 18.0 Å². The number of methoxy groups -OCH3 is 1. The molecular weight excluding hydrogens is 401 g/mol. The number of nitrogens with zero attached hydrogens (tertiary/aromatic N) is 1. The second-order valence-electron chi connectivity index (χ2n) is 6.57. The van der Waals surface area contributed by atoms with Crippen molar-refractivity contribution >= 4 is 23.3 Å². The van der Waals surface area contributed by atoms with Crippen LogP contribution in [0.4, 0.5) is 13.2 Å². The summed E-state index contributed by atoms with van der Waals surface area (Å²) in [5.41, 5.74) is 1.21. The number of allylic oxidation sites excluding steroid dienone is 1. The Morgan fingerprint density at radius 2 is 1.86 bits per heavy atom. The lowest BCUT2D eigenvalue weighted by atomic mass is 9.93. The lowest BCUT2D eigenvalue weighted by Crippen LogP contribution is -2.47. The van der Waals surface area contributed by atoms with Gasteiger partial charge in [-0.05, 0) is 42.4 Å². The molecule has 1 aliphatic rings. The Kier molecular flexibility index (Phi) is 5.93. The van der Waals surface area contributed by atoms with Crippen LogP contribution in [0.2, 0.25) is 0 Å². The molecule has 0 saturated carbocycles. The molecule has 1 heterocycles. The van der Waals surface area contributed by atoms with Crippen LogP contribution < -0.4 is 5.32 Å². The third kappa shape index (κ3) is 4.42. The van der Waals surface area contributed by atoms with E-state index in [0.717, 1.165) is 17.7 Å². The number of halogens is 3. The van der Waals surface area contributed by atoms with Crippen LogP contribution in [-0.2, 0) is 22.3 Å². The summed E-state index contributed by atoms with van der Waals surface area (Å²) in [5, 5.41) is 3.33. The molecule has 0 saturated heterocycles. The number of carbonyl (C=O) groups is 1. The maximum atomic E-state index is 13.2. The normalized spacial score (nSPS) is 17.2. The fourth-order valence-corrected chi connectivity index (χ4v) is 3.58. The fraction of sp³-hybridized carbons (Fsp3) is 0.238. The molecule has 0 amide bonds. The number of esters is 1. The van der Waals surface area contributed by atoms with E-state index in [1.807, 2.05) is 30.3 Å². The number of ether oxygens (including phenoxy) is 1. The topological polar surface area (TPSA) is 41.6 Å². The number of rotatable bonds is 4. The summed E-state index contributed by atoms with van der Waals surface area (Å²) in [6, 6.07) is 13.5. The van der Waals surface area contributed by atoms with Crippen molar-refractivity contribution in [3.8, 4) is 0 Å². The Morgan fingerprint density at radius 3 is 2.48 bits per heavy atom. The highest BCUT2D eigenvalue weighted by Crippen LogP contribution is 2.35. The van der Waals surface area contributed by atoms with Gasteiger partial charge in [-0.1, -0.05) is 42.5 Å². The van der Waals surface area contributed by atoms with Crippen LogP contribution in [0, 0.1) is 0 Å². The molecule has 1 aliphatic heterocycles. The van der Waals surface area contributed by atoms with Crippen molar-refractivity contribution in [3.63, 3.8) is 0 Å². The molecule has 2 aromatic rings. The molecule has 0 bridgehead atoms. The fourth-order valence-electron chi connectivity index (χ4n) is 3.26. The largest absolute Gasteiger partial charge is 0.466 e. The van der Waals surface area contributed by atoms with Crippen molar-refractivity contribution in [1.29, 1.82) is 0 Å². The molecule has 0 radical (unpaired) electrons. The Morgan fingerprint density at radius 1 is 1.17 bits per heavy atom. The predicted octanol–water partition coefficient (Wildman–Crippen LogP) is 4.58. The standard InChI is InChI=1S/C21H19F3N2O2S/c1-13-17(19(27)28-2)18(15-9-6-10-16(11-15)21(22,23)24)25-20(29)26(13)12-14-7-4-3-5-8-14/h3-11,18H,12H2,1-2H3,(H,25,29)/t18-/m0/s1. The number of thiocarbonyl (C=S) groups is 1. The van der Waals surface area contributed by atoms with Crippen LogP contribution in [0.1, 0.15) is 29.7 Å².